The highest BCUT2D eigenvalue weighted by Crippen LogP contribution is 2.25. The number of furan rings is 1. The lowest BCUT2D eigenvalue weighted by molar-refractivity contribution is 0.0995. The Kier molecular flexibility index (Phi) is 5.44. The van der Waals surface area contributed by atoms with Crippen molar-refractivity contribution in [2.45, 2.75) is 23.5 Å². The van der Waals surface area contributed by atoms with Gasteiger partial charge < -0.3 is 14.6 Å². The van der Waals surface area contributed by atoms with Gasteiger partial charge in [-0.25, -0.2) is 4.98 Å². The number of aromatic nitrogens is 1. The Morgan fingerprint density at radius 3 is 2.67 bits per heavy atom. The van der Waals surface area contributed by atoms with Crippen molar-refractivity contribution in [1.29, 1.82) is 0 Å². The second-order valence-corrected chi connectivity index (χ2v) is 7.48. The SMILES string of the molecule is O=C(Nc1ccc(N2CCCC2)nc1)c1occc1CSc1ccccc1. The van der Waals surface area contributed by atoms with E-state index in [0.717, 1.165) is 29.4 Å². The lowest BCUT2D eigenvalue weighted by atomic mass is 10.2. The minimum absolute atomic E-state index is 0.251. The Bertz CT molecular complexity index is 887. The van der Waals surface area contributed by atoms with Gasteiger partial charge in [0.25, 0.3) is 5.91 Å². The number of hydrogen-bond donors (Lipinski definition) is 1. The Balaban J connectivity index is 1.39. The molecule has 138 valence electrons. The van der Waals surface area contributed by atoms with E-state index in [1.54, 1.807) is 24.2 Å². The number of rotatable bonds is 6. The summed E-state index contributed by atoms with van der Waals surface area (Å²) in [7, 11) is 0. The summed E-state index contributed by atoms with van der Waals surface area (Å²) < 4.78 is 5.44. The first-order valence-corrected chi connectivity index (χ1v) is 10.0. The molecular weight excluding hydrogens is 358 g/mol. The molecule has 5 nitrogen and oxygen atoms in total. The molecule has 0 aliphatic carbocycles. The predicted molar refractivity (Wildman–Crippen MR) is 108 cm³/mol. The Hall–Kier alpha value is -2.73. The molecule has 4 rings (SSSR count). The van der Waals surface area contributed by atoms with Crippen molar-refractivity contribution in [3.05, 3.63) is 72.3 Å². The molecule has 1 amide bonds. The van der Waals surface area contributed by atoms with Gasteiger partial charge in [-0.3, -0.25) is 4.79 Å². The third-order valence-corrected chi connectivity index (χ3v) is 5.59. The summed E-state index contributed by atoms with van der Waals surface area (Å²) in [6.07, 6.45) is 5.68. The van der Waals surface area contributed by atoms with Gasteiger partial charge in [0, 0.05) is 29.3 Å². The van der Waals surface area contributed by atoms with Crippen LogP contribution >= 0.6 is 11.8 Å². The fourth-order valence-corrected chi connectivity index (χ4v) is 4.01. The van der Waals surface area contributed by atoms with E-state index in [1.165, 1.54) is 12.8 Å². The van der Waals surface area contributed by atoms with E-state index in [4.69, 9.17) is 4.42 Å². The average molecular weight is 379 g/mol. The van der Waals surface area contributed by atoms with Crippen LogP contribution in [0.4, 0.5) is 11.5 Å². The summed E-state index contributed by atoms with van der Waals surface area (Å²) in [5.74, 6) is 1.74. The van der Waals surface area contributed by atoms with Crippen LogP contribution < -0.4 is 10.2 Å². The van der Waals surface area contributed by atoms with Crippen molar-refractivity contribution in [2.75, 3.05) is 23.3 Å². The van der Waals surface area contributed by atoms with Crippen molar-refractivity contribution >= 4 is 29.2 Å². The topological polar surface area (TPSA) is 58.4 Å². The van der Waals surface area contributed by atoms with Gasteiger partial charge in [-0.15, -0.1) is 11.8 Å². The molecule has 3 heterocycles. The van der Waals surface area contributed by atoms with Crippen LogP contribution in [0.3, 0.4) is 0 Å². The normalized spacial score (nSPS) is 13.7. The molecule has 1 N–H and O–H groups in total. The number of benzene rings is 1. The van der Waals surface area contributed by atoms with Crippen molar-refractivity contribution in [1.82, 2.24) is 4.98 Å². The van der Waals surface area contributed by atoms with Gasteiger partial charge in [0.2, 0.25) is 0 Å². The quantitative estimate of drug-likeness (QED) is 0.622. The lowest BCUT2D eigenvalue weighted by Gasteiger charge is -2.16. The molecule has 0 unspecified atom stereocenters. The maximum Gasteiger partial charge on any atom is 0.291 e. The molecule has 1 aliphatic rings. The fraction of sp³-hybridized carbons (Fsp3) is 0.238. The van der Waals surface area contributed by atoms with Crippen LogP contribution in [0, 0.1) is 0 Å². The maximum absolute atomic E-state index is 12.6. The highest BCUT2D eigenvalue weighted by molar-refractivity contribution is 7.98. The average Bonchev–Trinajstić information content (AvgIpc) is 3.40. The molecule has 1 aliphatic heterocycles. The van der Waals surface area contributed by atoms with Gasteiger partial charge >= 0.3 is 0 Å². The predicted octanol–water partition coefficient (Wildman–Crippen LogP) is 4.82. The third-order valence-electron chi connectivity index (χ3n) is 4.53. The first-order chi connectivity index (χ1) is 13.3. The number of nitrogens with zero attached hydrogens (tertiary/aromatic N) is 2. The second-order valence-electron chi connectivity index (χ2n) is 6.43. The van der Waals surface area contributed by atoms with Crippen LogP contribution in [0.5, 0.6) is 0 Å². The molecule has 0 spiro atoms. The molecule has 3 aromatic rings. The first-order valence-electron chi connectivity index (χ1n) is 9.06. The summed E-state index contributed by atoms with van der Waals surface area (Å²) in [6, 6.07) is 15.8. The summed E-state index contributed by atoms with van der Waals surface area (Å²) in [4.78, 5) is 20.5. The van der Waals surface area contributed by atoms with Gasteiger partial charge in [-0.05, 0) is 43.2 Å². The zero-order valence-electron chi connectivity index (χ0n) is 14.9. The molecule has 0 saturated carbocycles. The van der Waals surface area contributed by atoms with Crippen molar-refractivity contribution in [3.63, 3.8) is 0 Å². The van der Waals surface area contributed by atoms with Gasteiger partial charge in [0.1, 0.15) is 5.82 Å². The highest BCUT2D eigenvalue weighted by Gasteiger charge is 2.17. The van der Waals surface area contributed by atoms with Crippen LogP contribution in [-0.2, 0) is 5.75 Å². The van der Waals surface area contributed by atoms with Crippen LogP contribution in [0.2, 0.25) is 0 Å². The third kappa shape index (κ3) is 4.34. The highest BCUT2D eigenvalue weighted by atomic mass is 32.2. The maximum atomic E-state index is 12.6. The molecule has 1 fully saturated rings. The van der Waals surface area contributed by atoms with Crippen molar-refractivity contribution < 1.29 is 9.21 Å². The second kappa shape index (κ2) is 8.31. The van der Waals surface area contributed by atoms with E-state index in [-0.39, 0.29) is 5.91 Å². The number of amides is 1. The van der Waals surface area contributed by atoms with Gasteiger partial charge in [-0.1, -0.05) is 18.2 Å². The van der Waals surface area contributed by atoms with Crippen LogP contribution in [0.15, 0.2) is 70.3 Å². The lowest BCUT2D eigenvalue weighted by Crippen LogP contribution is -2.19. The Morgan fingerprint density at radius 2 is 1.93 bits per heavy atom. The van der Waals surface area contributed by atoms with Gasteiger partial charge in [-0.2, -0.15) is 0 Å². The zero-order valence-corrected chi connectivity index (χ0v) is 15.7. The molecular formula is C21H21N3O2S. The van der Waals surface area contributed by atoms with E-state index < -0.39 is 0 Å². The number of pyridine rings is 1. The molecule has 27 heavy (non-hydrogen) atoms. The summed E-state index contributed by atoms with van der Waals surface area (Å²) >= 11 is 1.67. The van der Waals surface area contributed by atoms with Crippen LogP contribution in [0.25, 0.3) is 0 Å². The summed E-state index contributed by atoms with van der Waals surface area (Å²) in [5.41, 5.74) is 1.55. The standard InChI is InChI=1S/C21H21N3O2S/c25-21(23-17-8-9-19(22-14-17)24-11-4-5-12-24)20-16(10-13-26-20)15-27-18-6-2-1-3-7-18/h1-3,6-10,13-14H,4-5,11-12,15H2,(H,23,25). The summed E-state index contributed by atoms with van der Waals surface area (Å²) in [6.45, 7) is 2.10. The molecule has 1 aromatic carbocycles. The number of anilines is 2. The fourth-order valence-electron chi connectivity index (χ4n) is 3.11. The van der Waals surface area contributed by atoms with E-state index in [2.05, 4.69) is 27.3 Å². The smallest absolute Gasteiger partial charge is 0.291 e. The van der Waals surface area contributed by atoms with Crippen LogP contribution in [0.1, 0.15) is 29.0 Å². The first kappa shape index (κ1) is 17.7. The van der Waals surface area contributed by atoms with Crippen molar-refractivity contribution in [2.24, 2.45) is 0 Å². The van der Waals surface area contributed by atoms with E-state index in [1.807, 2.05) is 36.4 Å². The molecule has 0 atom stereocenters. The Morgan fingerprint density at radius 1 is 1.11 bits per heavy atom. The number of thioether (sulfide) groups is 1. The molecule has 0 bridgehead atoms. The Labute approximate surface area is 162 Å². The van der Waals surface area contributed by atoms with Crippen LogP contribution in [-0.4, -0.2) is 24.0 Å². The summed E-state index contributed by atoms with van der Waals surface area (Å²) in [5, 5.41) is 2.88. The van der Waals surface area contributed by atoms with Gasteiger partial charge in [0.15, 0.2) is 5.76 Å². The number of hydrogen-bond acceptors (Lipinski definition) is 5. The number of nitrogens with one attached hydrogen (secondary N) is 1. The van der Waals surface area contributed by atoms with Gasteiger partial charge in [0.05, 0.1) is 18.1 Å². The largest absolute Gasteiger partial charge is 0.459 e. The van der Waals surface area contributed by atoms with E-state index in [0.29, 0.717) is 17.2 Å². The van der Waals surface area contributed by atoms with Crippen molar-refractivity contribution in [3.8, 4) is 0 Å². The zero-order chi connectivity index (χ0) is 18.5. The minimum atomic E-state index is -0.251. The molecule has 0 radical (unpaired) electrons. The minimum Gasteiger partial charge on any atom is -0.459 e. The monoisotopic (exact) mass is 379 g/mol. The number of carbonyl (C=O) groups excluding carboxylic acids is 1. The van der Waals surface area contributed by atoms with E-state index >= 15 is 0 Å². The van der Waals surface area contributed by atoms with E-state index in [9.17, 15) is 4.79 Å². The molecule has 1 saturated heterocycles. The molecule has 6 heteroatoms. The molecule has 2 aromatic heterocycles. The number of carbonyl (C=O) groups is 1.